The molecule has 140 valence electrons. The number of rotatable bonds is 7. The first-order valence-corrected chi connectivity index (χ1v) is 8.61. The van der Waals surface area contributed by atoms with Crippen molar-refractivity contribution in [2.45, 2.75) is 13.5 Å². The number of nitrogens with zero attached hydrogens (tertiary/aromatic N) is 3. The van der Waals surface area contributed by atoms with Crippen molar-refractivity contribution in [3.8, 4) is 5.75 Å². The summed E-state index contributed by atoms with van der Waals surface area (Å²) >= 11 is 0. The number of amides is 1. The van der Waals surface area contributed by atoms with Crippen molar-refractivity contribution in [2.75, 3.05) is 25.9 Å². The van der Waals surface area contributed by atoms with Gasteiger partial charge in [0.1, 0.15) is 18.1 Å². The Labute approximate surface area is 157 Å². The van der Waals surface area contributed by atoms with Crippen LogP contribution in [-0.4, -0.2) is 41.1 Å². The number of carbonyl (C=O) groups is 1. The van der Waals surface area contributed by atoms with Crippen molar-refractivity contribution in [1.82, 2.24) is 25.6 Å². The van der Waals surface area contributed by atoms with Gasteiger partial charge in [0.2, 0.25) is 0 Å². The number of benzene rings is 1. The van der Waals surface area contributed by atoms with E-state index in [1.165, 1.54) is 12.4 Å². The van der Waals surface area contributed by atoms with Gasteiger partial charge in [-0.25, -0.2) is 15.0 Å². The zero-order valence-corrected chi connectivity index (χ0v) is 15.3. The number of pyridine rings is 1. The molecule has 27 heavy (non-hydrogen) atoms. The molecule has 0 saturated heterocycles. The molecule has 4 N–H and O–H groups in total. The van der Waals surface area contributed by atoms with Gasteiger partial charge in [-0.3, -0.25) is 4.79 Å². The zero-order valence-electron chi connectivity index (χ0n) is 15.3. The second-order valence-electron chi connectivity index (χ2n) is 6.00. The number of nitrogens with one attached hydrogen (secondary N) is 2. The van der Waals surface area contributed by atoms with E-state index in [0.29, 0.717) is 24.6 Å². The fourth-order valence-corrected chi connectivity index (χ4v) is 2.65. The Kier molecular flexibility index (Phi) is 5.77. The Morgan fingerprint density at radius 1 is 1.26 bits per heavy atom. The molecule has 0 aliphatic rings. The fourth-order valence-electron chi connectivity index (χ4n) is 2.65. The molecule has 0 saturated carbocycles. The minimum atomic E-state index is -0.409. The largest absolute Gasteiger partial charge is 0.490 e. The van der Waals surface area contributed by atoms with Gasteiger partial charge in [-0.2, -0.15) is 0 Å². The number of ether oxygens (including phenoxy) is 1. The molecule has 8 nitrogen and oxygen atoms in total. The first-order chi connectivity index (χ1) is 13.1. The van der Waals surface area contributed by atoms with Crippen molar-refractivity contribution in [3.05, 3.63) is 53.6 Å². The highest BCUT2D eigenvalue weighted by molar-refractivity contribution is 5.96. The van der Waals surface area contributed by atoms with Crippen LogP contribution in [0, 0.1) is 6.92 Å². The molecular formula is C19H22N6O2. The second kappa shape index (κ2) is 8.41. The zero-order chi connectivity index (χ0) is 19.2. The van der Waals surface area contributed by atoms with Crippen LogP contribution in [0.4, 0.5) is 5.82 Å². The Morgan fingerprint density at radius 3 is 2.85 bits per heavy atom. The number of nitrogens with two attached hydrogens (primary N) is 1. The van der Waals surface area contributed by atoms with E-state index in [-0.39, 0.29) is 18.1 Å². The summed E-state index contributed by atoms with van der Waals surface area (Å²) in [4.78, 5) is 24.9. The predicted octanol–water partition coefficient (Wildman–Crippen LogP) is 1.44. The number of carbonyl (C=O) groups excluding carboxylic acids is 1. The van der Waals surface area contributed by atoms with Gasteiger partial charge in [0.15, 0.2) is 11.5 Å². The molecule has 0 bridgehead atoms. The molecule has 1 amide bonds. The van der Waals surface area contributed by atoms with E-state index >= 15 is 0 Å². The normalized spacial score (nSPS) is 10.7. The van der Waals surface area contributed by atoms with Crippen LogP contribution in [0.1, 0.15) is 21.7 Å². The van der Waals surface area contributed by atoms with Crippen molar-refractivity contribution in [1.29, 1.82) is 0 Å². The monoisotopic (exact) mass is 366 g/mol. The first-order valence-electron chi connectivity index (χ1n) is 8.61. The maximum atomic E-state index is 12.4. The molecule has 0 aliphatic carbocycles. The molecule has 0 spiro atoms. The molecule has 3 rings (SSSR count). The van der Waals surface area contributed by atoms with Gasteiger partial charge in [-0.1, -0.05) is 12.1 Å². The molecule has 8 heteroatoms. The summed E-state index contributed by atoms with van der Waals surface area (Å²) < 4.78 is 5.87. The van der Waals surface area contributed by atoms with E-state index in [0.717, 1.165) is 16.5 Å². The third kappa shape index (κ3) is 4.29. The maximum absolute atomic E-state index is 12.4. The van der Waals surface area contributed by atoms with Gasteiger partial charge in [-0.05, 0) is 31.7 Å². The second-order valence-corrected chi connectivity index (χ2v) is 6.00. The van der Waals surface area contributed by atoms with Crippen LogP contribution in [0.3, 0.4) is 0 Å². The van der Waals surface area contributed by atoms with Gasteiger partial charge in [0.05, 0.1) is 12.1 Å². The number of fused-ring (bicyclic) bond motifs is 1. The molecular weight excluding hydrogens is 344 g/mol. The van der Waals surface area contributed by atoms with Crippen molar-refractivity contribution in [3.63, 3.8) is 0 Å². The number of likely N-dealkylation sites (N-methyl/N-ethyl adjacent to an activating group) is 1. The number of aromatic nitrogens is 3. The van der Waals surface area contributed by atoms with E-state index in [4.69, 9.17) is 10.5 Å². The minimum absolute atomic E-state index is 0.0857. The average Bonchev–Trinajstić information content (AvgIpc) is 2.67. The van der Waals surface area contributed by atoms with Crippen LogP contribution in [0.5, 0.6) is 5.75 Å². The molecule has 0 radical (unpaired) electrons. The third-order valence-electron chi connectivity index (χ3n) is 4.08. The van der Waals surface area contributed by atoms with E-state index in [9.17, 15) is 4.79 Å². The lowest BCUT2D eigenvalue weighted by atomic mass is 10.1. The molecule has 2 aromatic heterocycles. The van der Waals surface area contributed by atoms with E-state index in [1.807, 2.05) is 38.2 Å². The van der Waals surface area contributed by atoms with Crippen molar-refractivity contribution in [2.24, 2.45) is 0 Å². The standard InChI is InChI=1S/C19H22N6O2/c1-12-4-3-5-14-13(12)10-16(27-9-8-21-2)15(25-14)11-24-19(26)17-18(20)23-7-6-22-17/h3-7,10,21H,8-9,11H2,1-2H3,(H2,20,23)(H,24,26). The van der Waals surface area contributed by atoms with Crippen LogP contribution in [0.25, 0.3) is 10.9 Å². The minimum Gasteiger partial charge on any atom is -0.490 e. The molecule has 0 atom stereocenters. The Hall–Kier alpha value is -3.26. The number of hydrogen-bond acceptors (Lipinski definition) is 7. The third-order valence-corrected chi connectivity index (χ3v) is 4.08. The Morgan fingerprint density at radius 2 is 2.07 bits per heavy atom. The van der Waals surface area contributed by atoms with E-state index in [1.54, 1.807) is 0 Å². The Balaban J connectivity index is 1.86. The number of nitrogen functional groups attached to an aromatic ring is 1. The summed E-state index contributed by atoms with van der Waals surface area (Å²) in [5.41, 5.74) is 8.40. The average molecular weight is 366 g/mol. The van der Waals surface area contributed by atoms with Crippen LogP contribution in [0.2, 0.25) is 0 Å². The van der Waals surface area contributed by atoms with Gasteiger partial charge in [-0.15, -0.1) is 0 Å². The summed E-state index contributed by atoms with van der Waals surface area (Å²) in [5.74, 6) is 0.315. The van der Waals surface area contributed by atoms with Crippen molar-refractivity contribution < 1.29 is 9.53 Å². The smallest absolute Gasteiger partial charge is 0.274 e. The summed E-state index contributed by atoms with van der Waals surface area (Å²) in [5, 5.41) is 6.85. The summed E-state index contributed by atoms with van der Waals surface area (Å²) in [6.07, 6.45) is 2.86. The molecule has 3 aromatic rings. The predicted molar refractivity (Wildman–Crippen MR) is 104 cm³/mol. The highest BCUT2D eigenvalue weighted by Gasteiger charge is 2.15. The number of anilines is 1. The summed E-state index contributed by atoms with van der Waals surface area (Å²) in [6, 6.07) is 7.88. The van der Waals surface area contributed by atoms with Gasteiger partial charge in [0, 0.05) is 24.3 Å². The van der Waals surface area contributed by atoms with Crippen molar-refractivity contribution >= 4 is 22.6 Å². The van der Waals surface area contributed by atoms with E-state index < -0.39 is 5.91 Å². The highest BCUT2D eigenvalue weighted by atomic mass is 16.5. The number of aryl methyl sites for hydroxylation is 1. The van der Waals surface area contributed by atoms with Crippen LogP contribution >= 0.6 is 0 Å². The topological polar surface area (TPSA) is 115 Å². The fraction of sp³-hybridized carbons (Fsp3) is 0.263. The summed E-state index contributed by atoms with van der Waals surface area (Å²) in [6.45, 7) is 3.41. The quantitative estimate of drug-likeness (QED) is 0.542. The van der Waals surface area contributed by atoms with E-state index in [2.05, 4.69) is 25.6 Å². The molecule has 0 fully saturated rings. The molecule has 0 unspecified atom stereocenters. The molecule has 2 heterocycles. The lowest BCUT2D eigenvalue weighted by Gasteiger charge is -2.14. The SMILES string of the molecule is CNCCOc1cc2c(C)cccc2nc1CNC(=O)c1nccnc1N. The lowest BCUT2D eigenvalue weighted by molar-refractivity contribution is 0.0946. The van der Waals surface area contributed by atoms with Crippen LogP contribution in [-0.2, 0) is 6.54 Å². The molecule has 1 aromatic carbocycles. The number of hydrogen-bond donors (Lipinski definition) is 3. The van der Waals surface area contributed by atoms with Gasteiger partial charge in [0.25, 0.3) is 5.91 Å². The highest BCUT2D eigenvalue weighted by Crippen LogP contribution is 2.25. The maximum Gasteiger partial charge on any atom is 0.274 e. The first kappa shape index (κ1) is 18.5. The lowest BCUT2D eigenvalue weighted by Crippen LogP contribution is -2.26. The van der Waals surface area contributed by atoms with Gasteiger partial charge < -0.3 is 21.1 Å². The van der Waals surface area contributed by atoms with Crippen LogP contribution < -0.4 is 21.1 Å². The summed E-state index contributed by atoms with van der Waals surface area (Å²) in [7, 11) is 1.86. The molecule has 0 aliphatic heterocycles. The Bertz CT molecular complexity index is 960. The van der Waals surface area contributed by atoms with Crippen LogP contribution in [0.15, 0.2) is 36.7 Å². The van der Waals surface area contributed by atoms with Gasteiger partial charge >= 0.3 is 0 Å².